The van der Waals surface area contributed by atoms with Gasteiger partial charge >= 0.3 is 17.9 Å². The minimum atomic E-state index is -0.877. The molecule has 0 aromatic rings. The van der Waals surface area contributed by atoms with Crippen LogP contribution in [-0.4, -0.2) is 200 Å². The van der Waals surface area contributed by atoms with Crippen molar-refractivity contribution in [3.8, 4) is 0 Å². The van der Waals surface area contributed by atoms with Gasteiger partial charge in [0.2, 0.25) is 6.54 Å². The molecule has 0 saturated carbocycles. The van der Waals surface area contributed by atoms with Crippen LogP contribution >= 0.6 is 0 Å². The third kappa shape index (κ3) is 67.0. The zero-order valence-corrected chi connectivity index (χ0v) is 65.7. The molecule has 0 spiro atoms. The number of hydrogen-bond donors (Lipinski definition) is 1. The van der Waals surface area contributed by atoms with E-state index in [0.29, 0.717) is 48.0 Å². The second kappa shape index (κ2) is 45.9. The molecule has 15 nitrogen and oxygen atoms in total. The van der Waals surface area contributed by atoms with E-state index in [-0.39, 0.29) is 39.6 Å². The quantitative estimate of drug-likeness (QED) is 0.0661. The maximum absolute atomic E-state index is 12.2. The van der Waals surface area contributed by atoms with Crippen LogP contribution in [0.5, 0.6) is 0 Å². The molecule has 0 bridgehead atoms. The van der Waals surface area contributed by atoms with Crippen molar-refractivity contribution in [1.82, 2.24) is 24.5 Å². The normalized spacial score (nSPS) is 16.2. The molecule has 15 heteroatoms. The molecule has 90 heavy (non-hydrogen) atoms. The maximum atomic E-state index is 12.2. The molecular formula is C75H155N7O8. The molecule has 3 aliphatic rings. The topological polar surface area (TPSA) is 144 Å². The zero-order chi connectivity index (χ0) is 71.1. The van der Waals surface area contributed by atoms with Crippen LogP contribution in [0.4, 0.5) is 0 Å². The first-order chi connectivity index (χ1) is 40.6. The lowest BCUT2D eigenvalue weighted by molar-refractivity contribution is -0.156. The molecule has 3 heterocycles. The fourth-order valence-corrected chi connectivity index (χ4v) is 7.92. The summed E-state index contributed by atoms with van der Waals surface area (Å²) in [5.41, 5.74) is 6.34. The van der Waals surface area contributed by atoms with Crippen molar-refractivity contribution in [3.63, 3.8) is 0 Å². The Morgan fingerprint density at radius 3 is 0.944 bits per heavy atom. The molecule has 0 aromatic carbocycles. The van der Waals surface area contributed by atoms with E-state index in [1.165, 1.54) is 38.8 Å². The minimum Gasteiger partial charge on any atom is -0.465 e. The van der Waals surface area contributed by atoms with Gasteiger partial charge < -0.3 is 49.0 Å². The van der Waals surface area contributed by atoms with Gasteiger partial charge in [0.05, 0.1) is 57.1 Å². The fourth-order valence-electron chi connectivity index (χ4n) is 7.92. The maximum Gasteiger partial charge on any atom is 0.325 e. The van der Waals surface area contributed by atoms with Gasteiger partial charge in [0.15, 0.2) is 0 Å². The number of nitrogens with two attached hydrogens (primary N) is 1. The van der Waals surface area contributed by atoms with Crippen molar-refractivity contribution in [1.29, 1.82) is 0 Å². The number of carbonyl (C=O) groups excluding carboxylic acids is 3. The van der Waals surface area contributed by atoms with E-state index in [9.17, 15) is 14.4 Å². The summed E-state index contributed by atoms with van der Waals surface area (Å²) in [6.07, 6.45) is 10.6. The second-order valence-corrected chi connectivity index (χ2v) is 36.3. The molecular weight excluding hydrogens is 1130 g/mol. The van der Waals surface area contributed by atoms with E-state index in [4.69, 9.17) is 36.0 Å². The van der Waals surface area contributed by atoms with Gasteiger partial charge in [-0.25, -0.2) is 6.57 Å². The SMILES string of the molecule is CC(C)(C)CCN1CCOCC1.CC(C)(C)CCOC(=O)C(C)(C)CCN1CCOCC1.CC(C)(C)CCOC(=O)C(C)(C)N.CCCC(C)(C)C.CN(C)CCC(C)(C)C.CN1CCN(CCC(C)(C)C(=O)OCCC(C)(C)C)CC1.[C-]#[N+]CCC(C)(C)C. The van der Waals surface area contributed by atoms with E-state index in [1.54, 1.807) is 13.8 Å². The standard InChI is InChI=1S/C17H34N2O2.C16H31NO3.C10H21NO2.C10H21NO.C8H19N.C7H13N.C7H16/c1-16(2,3)8-14-21-15(20)17(4,5)7-9-19-12-10-18(6)11-13-19;1-15(2,3)7-11-20-14(18)16(4,5)6-8-17-9-12-19-13-10-17;1-9(2,3)6-7-13-8(12)10(4,5)11;1-10(2,3)4-5-11-6-8-12-9-7-11;1-8(2,3)6-7-9(4)5;1-7(2,3)5-6-8-4;1-5-6-7(2,3)4/h7-14H2,1-6H3;6-13H2,1-5H3;6-7,11H2,1-5H3;4-9H2,1-3H3;6-7H2,1-5H3;5-6H2,1-3H3;5-6H2,1-4H3. The lowest BCUT2D eigenvalue weighted by atomic mass is 9.89. The first-order valence-electron chi connectivity index (χ1n) is 34.8. The van der Waals surface area contributed by atoms with Crippen LogP contribution in [0, 0.1) is 55.3 Å². The average Bonchev–Trinajstić information content (AvgIpc) is 1.24. The van der Waals surface area contributed by atoms with Crippen molar-refractivity contribution in [2.75, 3.05) is 152 Å². The van der Waals surface area contributed by atoms with Crippen molar-refractivity contribution in [2.24, 2.45) is 54.5 Å². The first kappa shape index (κ1) is 94.0. The summed E-state index contributed by atoms with van der Waals surface area (Å²) in [5, 5.41) is 0. The largest absolute Gasteiger partial charge is 0.465 e. The summed E-state index contributed by atoms with van der Waals surface area (Å²) in [6.45, 7) is 84.8. The van der Waals surface area contributed by atoms with Crippen LogP contribution in [0.15, 0.2) is 0 Å². The summed E-state index contributed by atoms with van der Waals surface area (Å²) in [7, 11) is 6.39. The number of piperazine rings is 1. The number of nitrogens with zero attached hydrogens (tertiary/aromatic N) is 6. The van der Waals surface area contributed by atoms with E-state index < -0.39 is 11.0 Å². The molecule has 0 aliphatic carbocycles. The second-order valence-electron chi connectivity index (χ2n) is 36.3. The molecule has 3 rings (SSSR count). The predicted molar refractivity (Wildman–Crippen MR) is 385 cm³/mol. The van der Waals surface area contributed by atoms with Crippen molar-refractivity contribution in [3.05, 3.63) is 11.4 Å². The minimum absolute atomic E-state index is 0.0547. The van der Waals surface area contributed by atoms with Crippen LogP contribution in [0.25, 0.3) is 4.85 Å². The third-order valence-corrected chi connectivity index (χ3v) is 15.3. The molecule has 0 radical (unpaired) electrons. The highest BCUT2D eigenvalue weighted by molar-refractivity contribution is 5.79. The molecule has 0 atom stereocenters. The monoisotopic (exact) mass is 1280 g/mol. The van der Waals surface area contributed by atoms with Gasteiger partial charge in [0.1, 0.15) is 5.54 Å². The average molecular weight is 1280 g/mol. The van der Waals surface area contributed by atoms with Crippen LogP contribution in [-0.2, 0) is 38.1 Å². The number of esters is 3. The van der Waals surface area contributed by atoms with Crippen LogP contribution < -0.4 is 5.73 Å². The van der Waals surface area contributed by atoms with E-state index in [2.05, 4.69) is 203 Å². The van der Waals surface area contributed by atoms with Crippen molar-refractivity contribution < 1.29 is 38.1 Å². The smallest absolute Gasteiger partial charge is 0.325 e. The van der Waals surface area contributed by atoms with Gasteiger partial charge in [0, 0.05) is 58.8 Å². The molecule has 0 aromatic heterocycles. The Labute approximate surface area is 560 Å². The summed E-state index contributed by atoms with van der Waals surface area (Å²) < 4.78 is 26.6. The van der Waals surface area contributed by atoms with E-state index in [0.717, 1.165) is 130 Å². The van der Waals surface area contributed by atoms with E-state index in [1.807, 2.05) is 27.7 Å². The molecule has 3 fully saturated rings. The Hall–Kier alpha value is -2.42. The van der Waals surface area contributed by atoms with Gasteiger partial charge in [-0.3, -0.25) is 24.2 Å². The molecule has 2 N–H and O–H groups in total. The number of likely N-dealkylation sites (N-methyl/N-ethyl adjacent to an activating group) is 1. The highest BCUT2D eigenvalue weighted by atomic mass is 16.5. The molecule has 3 saturated heterocycles. The fraction of sp³-hybridized carbons (Fsp3) is 0.947. The van der Waals surface area contributed by atoms with Gasteiger partial charge in [-0.05, 0) is 178 Å². The Bertz CT molecular complexity index is 1840. The highest BCUT2D eigenvalue weighted by Crippen LogP contribution is 2.28. The van der Waals surface area contributed by atoms with Crippen molar-refractivity contribution in [2.45, 2.75) is 264 Å². The Morgan fingerprint density at radius 1 is 0.422 bits per heavy atom. The van der Waals surface area contributed by atoms with Crippen LogP contribution in [0.3, 0.4) is 0 Å². The van der Waals surface area contributed by atoms with E-state index >= 15 is 0 Å². The first-order valence-corrected chi connectivity index (χ1v) is 34.8. The number of rotatable bonds is 21. The Balaban J connectivity index is -0.000000497. The molecule has 0 amide bonds. The number of carbonyl (C=O) groups is 3. The highest BCUT2D eigenvalue weighted by Gasteiger charge is 2.32. The molecule has 0 unspecified atom stereocenters. The van der Waals surface area contributed by atoms with Crippen molar-refractivity contribution >= 4 is 17.9 Å². The van der Waals surface area contributed by atoms with Gasteiger partial charge in [-0.1, -0.05) is 159 Å². The zero-order valence-electron chi connectivity index (χ0n) is 65.7. The number of morpholine rings is 2. The lowest BCUT2D eigenvalue weighted by Crippen LogP contribution is -2.45. The molecule has 3 aliphatic heterocycles. The Kier molecular flexibility index (Phi) is 47.9. The van der Waals surface area contributed by atoms with Gasteiger partial charge in [-0.2, -0.15) is 0 Å². The summed E-state index contributed by atoms with van der Waals surface area (Å²) in [6, 6.07) is 0. The summed E-state index contributed by atoms with van der Waals surface area (Å²) in [5.74, 6) is -0.465. The van der Waals surface area contributed by atoms with Crippen LogP contribution in [0.1, 0.15) is 258 Å². The number of ether oxygens (including phenoxy) is 5. The van der Waals surface area contributed by atoms with Gasteiger partial charge in [0.25, 0.3) is 0 Å². The predicted octanol–water partition coefficient (Wildman–Crippen LogP) is 16.0. The van der Waals surface area contributed by atoms with Gasteiger partial charge in [-0.15, -0.1) is 0 Å². The molecule has 538 valence electrons. The third-order valence-electron chi connectivity index (χ3n) is 15.3. The summed E-state index contributed by atoms with van der Waals surface area (Å²) >= 11 is 0. The van der Waals surface area contributed by atoms with Crippen LogP contribution in [0.2, 0.25) is 0 Å². The Morgan fingerprint density at radius 2 is 0.711 bits per heavy atom. The lowest BCUT2D eigenvalue weighted by Gasteiger charge is -2.34. The number of hydrogen-bond acceptors (Lipinski definition) is 14. The summed E-state index contributed by atoms with van der Waals surface area (Å²) in [4.78, 5) is 50.7.